The third-order valence-electron chi connectivity index (χ3n) is 3.50. The minimum atomic E-state index is 0.0433. The number of phenolic OH excluding ortho intramolecular Hbond substituents is 1. The summed E-state index contributed by atoms with van der Waals surface area (Å²) in [5, 5.41) is 9.51. The molecule has 0 radical (unpaired) electrons. The summed E-state index contributed by atoms with van der Waals surface area (Å²) in [7, 11) is 0. The van der Waals surface area contributed by atoms with E-state index in [-0.39, 0.29) is 6.04 Å². The number of hydrogen-bond donors (Lipinski definition) is 2. The number of halogens is 1. The van der Waals surface area contributed by atoms with Crippen LogP contribution in [0.4, 0.5) is 0 Å². The smallest absolute Gasteiger partial charge is 0.115 e. The highest BCUT2D eigenvalue weighted by Crippen LogP contribution is 2.36. The first-order chi connectivity index (χ1) is 7.68. The molecule has 88 valence electrons. The van der Waals surface area contributed by atoms with Crippen LogP contribution in [0.25, 0.3) is 0 Å². The molecule has 0 heterocycles. The van der Waals surface area contributed by atoms with E-state index in [1.54, 1.807) is 12.1 Å². The van der Waals surface area contributed by atoms with Crippen molar-refractivity contribution in [2.24, 2.45) is 11.7 Å². The Bertz CT molecular complexity index is 361. The molecule has 1 aliphatic rings. The molecule has 0 spiro atoms. The normalized spacial score (nSPS) is 19.6. The molecule has 0 saturated heterocycles. The van der Waals surface area contributed by atoms with Crippen LogP contribution < -0.4 is 5.73 Å². The van der Waals surface area contributed by atoms with E-state index in [0.29, 0.717) is 11.7 Å². The Hall–Kier alpha value is -0.540. The van der Waals surface area contributed by atoms with Crippen molar-refractivity contribution in [3.05, 3.63) is 28.2 Å². The second-order valence-corrected chi connectivity index (χ2v) is 5.48. The second-order valence-electron chi connectivity index (χ2n) is 4.63. The van der Waals surface area contributed by atoms with Crippen molar-refractivity contribution in [2.75, 3.05) is 0 Å². The molecule has 1 fully saturated rings. The van der Waals surface area contributed by atoms with Gasteiger partial charge in [0.1, 0.15) is 5.75 Å². The molecular formula is C13H18BrNO. The van der Waals surface area contributed by atoms with Crippen LogP contribution in [0.2, 0.25) is 0 Å². The van der Waals surface area contributed by atoms with E-state index in [2.05, 4.69) is 15.9 Å². The number of nitrogens with two attached hydrogens (primary N) is 1. The van der Waals surface area contributed by atoms with Crippen LogP contribution in [0.15, 0.2) is 22.7 Å². The lowest BCUT2D eigenvalue weighted by atomic mass is 9.81. The van der Waals surface area contributed by atoms with Gasteiger partial charge in [0.2, 0.25) is 0 Å². The molecule has 1 atom stereocenters. The first kappa shape index (κ1) is 11.9. The molecule has 16 heavy (non-hydrogen) atoms. The van der Waals surface area contributed by atoms with Crippen molar-refractivity contribution in [2.45, 2.75) is 38.1 Å². The van der Waals surface area contributed by atoms with Crippen molar-refractivity contribution in [3.8, 4) is 5.75 Å². The number of rotatable bonds is 2. The fourth-order valence-electron chi connectivity index (χ4n) is 2.53. The van der Waals surface area contributed by atoms with E-state index in [1.165, 1.54) is 32.1 Å². The van der Waals surface area contributed by atoms with E-state index < -0.39 is 0 Å². The van der Waals surface area contributed by atoms with Crippen LogP contribution >= 0.6 is 15.9 Å². The highest BCUT2D eigenvalue weighted by atomic mass is 79.9. The molecule has 0 unspecified atom stereocenters. The fourth-order valence-corrected chi connectivity index (χ4v) is 3.04. The van der Waals surface area contributed by atoms with Crippen LogP contribution in [0, 0.1) is 5.92 Å². The van der Waals surface area contributed by atoms with Gasteiger partial charge in [-0.15, -0.1) is 0 Å². The van der Waals surface area contributed by atoms with E-state index in [1.807, 2.05) is 6.07 Å². The van der Waals surface area contributed by atoms with Gasteiger partial charge in [-0.2, -0.15) is 0 Å². The van der Waals surface area contributed by atoms with Gasteiger partial charge in [-0.3, -0.25) is 0 Å². The standard InChI is InChI=1S/C13H18BrNO/c14-12-7-6-10(16)8-11(12)13(15)9-4-2-1-3-5-9/h6-9,13,16H,1-5,15H2/t13-/m1/s1. The molecule has 2 rings (SSSR count). The lowest BCUT2D eigenvalue weighted by Crippen LogP contribution is -2.23. The summed E-state index contributed by atoms with van der Waals surface area (Å²) in [6.07, 6.45) is 6.33. The zero-order valence-corrected chi connectivity index (χ0v) is 10.9. The summed E-state index contributed by atoms with van der Waals surface area (Å²) < 4.78 is 1.00. The largest absolute Gasteiger partial charge is 0.508 e. The molecule has 1 saturated carbocycles. The molecule has 0 aromatic heterocycles. The fraction of sp³-hybridized carbons (Fsp3) is 0.538. The predicted octanol–water partition coefficient (Wildman–Crippen LogP) is 3.73. The average molecular weight is 284 g/mol. The molecule has 1 aliphatic carbocycles. The Morgan fingerprint density at radius 3 is 2.62 bits per heavy atom. The highest BCUT2D eigenvalue weighted by Gasteiger charge is 2.23. The Kier molecular flexibility index (Phi) is 3.87. The van der Waals surface area contributed by atoms with Gasteiger partial charge < -0.3 is 10.8 Å². The molecule has 1 aromatic carbocycles. The molecule has 2 nitrogen and oxygen atoms in total. The van der Waals surface area contributed by atoms with Crippen LogP contribution in [0.1, 0.15) is 43.7 Å². The van der Waals surface area contributed by atoms with E-state index in [9.17, 15) is 5.11 Å². The number of hydrogen-bond acceptors (Lipinski definition) is 2. The molecule has 0 amide bonds. The number of aromatic hydroxyl groups is 1. The van der Waals surface area contributed by atoms with Gasteiger partial charge in [-0.05, 0) is 42.5 Å². The van der Waals surface area contributed by atoms with Crippen LogP contribution in [-0.2, 0) is 0 Å². The number of phenols is 1. The predicted molar refractivity (Wildman–Crippen MR) is 69.3 cm³/mol. The summed E-state index contributed by atoms with van der Waals surface area (Å²) in [5.74, 6) is 0.858. The molecular weight excluding hydrogens is 266 g/mol. The maximum absolute atomic E-state index is 9.51. The summed E-state index contributed by atoms with van der Waals surface area (Å²) in [6, 6.07) is 5.37. The van der Waals surface area contributed by atoms with E-state index >= 15 is 0 Å². The molecule has 1 aromatic rings. The molecule has 0 aliphatic heterocycles. The maximum atomic E-state index is 9.51. The van der Waals surface area contributed by atoms with Crippen molar-refractivity contribution < 1.29 is 5.11 Å². The van der Waals surface area contributed by atoms with Crippen LogP contribution in [0.5, 0.6) is 5.75 Å². The topological polar surface area (TPSA) is 46.2 Å². The highest BCUT2D eigenvalue weighted by molar-refractivity contribution is 9.10. The van der Waals surface area contributed by atoms with Gasteiger partial charge in [-0.25, -0.2) is 0 Å². The first-order valence-corrected chi connectivity index (χ1v) is 6.72. The number of benzene rings is 1. The molecule has 0 bridgehead atoms. The van der Waals surface area contributed by atoms with E-state index in [4.69, 9.17) is 5.73 Å². The van der Waals surface area contributed by atoms with Crippen LogP contribution in [-0.4, -0.2) is 5.11 Å². The van der Waals surface area contributed by atoms with Gasteiger partial charge in [-0.1, -0.05) is 35.2 Å². The average Bonchev–Trinajstić information content (AvgIpc) is 2.32. The SMILES string of the molecule is N[C@@H](c1cc(O)ccc1Br)C1CCCCC1. The third kappa shape index (κ3) is 2.58. The second kappa shape index (κ2) is 5.19. The lowest BCUT2D eigenvalue weighted by Gasteiger charge is -2.28. The summed E-state index contributed by atoms with van der Waals surface area (Å²) >= 11 is 3.51. The molecule has 3 heteroatoms. The maximum Gasteiger partial charge on any atom is 0.115 e. The summed E-state index contributed by atoms with van der Waals surface area (Å²) in [4.78, 5) is 0. The quantitative estimate of drug-likeness (QED) is 0.869. The minimum absolute atomic E-state index is 0.0433. The third-order valence-corrected chi connectivity index (χ3v) is 4.22. The summed E-state index contributed by atoms with van der Waals surface area (Å²) in [5.41, 5.74) is 7.33. The Morgan fingerprint density at radius 2 is 1.94 bits per heavy atom. The Balaban J connectivity index is 2.18. The van der Waals surface area contributed by atoms with Crippen molar-refractivity contribution in [3.63, 3.8) is 0 Å². The van der Waals surface area contributed by atoms with Crippen molar-refractivity contribution >= 4 is 15.9 Å². The van der Waals surface area contributed by atoms with Gasteiger partial charge in [0.15, 0.2) is 0 Å². The first-order valence-electron chi connectivity index (χ1n) is 5.92. The monoisotopic (exact) mass is 283 g/mol. The zero-order chi connectivity index (χ0) is 11.5. The lowest BCUT2D eigenvalue weighted by molar-refractivity contribution is 0.307. The van der Waals surface area contributed by atoms with Gasteiger partial charge in [0.25, 0.3) is 0 Å². The van der Waals surface area contributed by atoms with Gasteiger partial charge >= 0.3 is 0 Å². The molecule has 3 N–H and O–H groups in total. The zero-order valence-electron chi connectivity index (χ0n) is 9.32. The Morgan fingerprint density at radius 1 is 1.25 bits per heavy atom. The van der Waals surface area contributed by atoms with Gasteiger partial charge in [0, 0.05) is 10.5 Å². The van der Waals surface area contributed by atoms with E-state index in [0.717, 1.165) is 10.0 Å². The van der Waals surface area contributed by atoms with Gasteiger partial charge in [0.05, 0.1) is 0 Å². The summed E-state index contributed by atoms with van der Waals surface area (Å²) in [6.45, 7) is 0. The van der Waals surface area contributed by atoms with Crippen molar-refractivity contribution in [1.82, 2.24) is 0 Å². The minimum Gasteiger partial charge on any atom is -0.508 e. The Labute approximate surface area is 105 Å². The van der Waals surface area contributed by atoms with Crippen LogP contribution in [0.3, 0.4) is 0 Å². The van der Waals surface area contributed by atoms with Crippen molar-refractivity contribution in [1.29, 1.82) is 0 Å².